The Bertz CT molecular complexity index is 1140. The molecule has 1 saturated heterocycles. The van der Waals surface area contributed by atoms with Gasteiger partial charge < -0.3 is 10.2 Å². The van der Waals surface area contributed by atoms with Crippen LogP contribution in [0.1, 0.15) is 49.3 Å². The highest BCUT2D eigenvalue weighted by atomic mass is 32.2. The van der Waals surface area contributed by atoms with Crippen LogP contribution >= 0.6 is 0 Å². The highest BCUT2D eigenvalue weighted by Gasteiger charge is 2.26. The van der Waals surface area contributed by atoms with Gasteiger partial charge in [-0.1, -0.05) is 55.3 Å². The maximum absolute atomic E-state index is 12.8. The number of hydrazine groups is 1. The number of carbonyl (C=O) groups is 2. The first-order chi connectivity index (χ1) is 17.8. The van der Waals surface area contributed by atoms with E-state index < -0.39 is 9.84 Å². The Morgan fingerprint density at radius 2 is 1.59 bits per heavy atom. The van der Waals surface area contributed by atoms with E-state index in [-0.39, 0.29) is 35.1 Å². The van der Waals surface area contributed by atoms with Crippen LogP contribution in [-0.2, 0) is 25.8 Å². The summed E-state index contributed by atoms with van der Waals surface area (Å²) in [6.45, 7) is 3.99. The van der Waals surface area contributed by atoms with Crippen molar-refractivity contribution in [3.05, 3.63) is 65.7 Å². The van der Waals surface area contributed by atoms with E-state index in [0.717, 1.165) is 76.0 Å². The van der Waals surface area contributed by atoms with Gasteiger partial charge in [0.25, 0.3) is 0 Å². The molecule has 1 aliphatic heterocycles. The molecule has 2 N–H and O–H groups in total. The van der Waals surface area contributed by atoms with Crippen molar-refractivity contribution in [2.24, 2.45) is 5.92 Å². The highest BCUT2D eigenvalue weighted by molar-refractivity contribution is 7.90. The average molecular weight is 527 g/mol. The molecule has 1 aliphatic carbocycles. The van der Waals surface area contributed by atoms with Gasteiger partial charge in [-0.15, -0.1) is 0 Å². The van der Waals surface area contributed by atoms with Crippen molar-refractivity contribution in [3.8, 4) is 0 Å². The molecule has 200 valence electrons. The van der Waals surface area contributed by atoms with Crippen LogP contribution < -0.4 is 10.7 Å². The zero-order valence-electron chi connectivity index (χ0n) is 21.6. The van der Waals surface area contributed by atoms with Crippen LogP contribution in [0.5, 0.6) is 0 Å². The Morgan fingerprint density at radius 1 is 0.946 bits per heavy atom. The van der Waals surface area contributed by atoms with Gasteiger partial charge in [0.1, 0.15) is 0 Å². The van der Waals surface area contributed by atoms with Gasteiger partial charge in [0.15, 0.2) is 9.84 Å². The van der Waals surface area contributed by atoms with E-state index in [1.807, 2.05) is 23.2 Å². The lowest BCUT2D eigenvalue weighted by molar-refractivity contribution is -0.126. The molecule has 8 nitrogen and oxygen atoms in total. The molecule has 2 amide bonds. The van der Waals surface area contributed by atoms with Crippen LogP contribution in [0.25, 0.3) is 0 Å². The number of hydrogen-bond acceptors (Lipinski definition) is 6. The highest BCUT2D eigenvalue weighted by Crippen LogP contribution is 2.26. The molecule has 0 bridgehead atoms. The van der Waals surface area contributed by atoms with E-state index >= 15 is 0 Å². The molecular weight excluding hydrogens is 488 g/mol. The summed E-state index contributed by atoms with van der Waals surface area (Å²) in [6, 6.07) is 16.6. The lowest BCUT2D eigenvalue weighted by atomic mass is 10.0. The SMILES string of the molecule is CS(=O)(=O)c1ccc(CC(=O)NN2CCN(CCC(NC(=O)C3CCCC3)c3ccccc3)CC2)cc1. The number of carbonyl (C=O) groups excluding carboxylic acids is 2. The first kappa shape index (κ1) is 27.3. The molecule has 2 aromatic rings. The molecule has 9 heteroatoms. The third-order valence-corrected chi connectivity index (χ3v) is 8.48. The Kier molecular flexibility index (Phi) is 9.34. The molecule has 0 spiro atoms. The van der Waals surface area contributed by atoms with Gasteiger partial charge in [-0.3, -0.25) is 15.0 Å². The van der Waals surface area contributed by atoms with Crippen molar-refractivity contribution in [3.63, 3.8) is 0 Å². The smallest absolute Gasteiger partial charge is 0.238 e. The zero-order chi connectivity index (χ0) is 26.3. The van der Waals surface area contributed by atoms with E-state index in [4.69, 9.17) is 0 Å². The van der Waals surface area contributed by atoms with Crippen LogP contribution in [0.4, 0.5) is 0 Å². The Hall–Kier alpha value is -2.75. The van der Waals surface area contributed by atoms with Crippen LogP contribution in [0.3, 0.4) is 0 Å². The van der Waals surface area contributed by atoms with E-state index in [9.17, 15) is 18.0 Å². The first-order valence-electron chi connectivity index (χ1n) is 13.2. The van der Waals surface area contributed by atoms with Crippen LogP contribution in [0.2, 0.25) is 0 Å². The van der Waals surface area contributed by atoms with Crippen molar-refractivity contribution in [1.82, 2.24) is 20.7 Å². The van der Waals surface area contributed by atoms with Crippen molar-refractivity contribution < 1.29 is 18.0 Å². The lowest BCUT2D eigenvalue weighted by Gasteiger charge is -2.35. The third-order valence-electron chi connectivity index (χ3n) is 7.35. The predicted octanol–water partition coefficient (Wildman–Crippen LogP) is 2.72. The maximum Gasteiger partial charge on any atom is 0.238 e. The number of piperazine rings is 1. The summed E-state index contributed by atoms with van der Waals surface area (Å²) in [5, 5.41) is 5.26. The summed E-state index contributed by atoms with van der Waals surface area (Å²) in [4.78, 5) is 28.0. The van der Waals surface area contributed by atoms with E-state index in [0.29, 0.717) is 0 Å². The number of nitrogens with zero attached hydrogens (tertiary/aromatic N) is 2. The minimum absolute atomic E-state index is 0.00103. The average Bonchev–Trinajstić information content (AvgIpc) is 3.43. The largest absolute Gasteiger partial charge is 0.349 e. The van der Waals surface area contributed by atoms with Gasteiger partial charge in [0.2, 0.25) is 11.8 Å². The van der Waals surface area contributed by atoms with Crippen molar-refractivity contribution >= 4 is 21.7 Å². The molecular formula is C28H38N4O4S. The van der Waals surface area contributed by atoms with E-state index in [1.54, 1.807) is 12.1 Å². The van der Waals surface area contributed by atoms with E-state index in [2.05, 4.69) is 27.8 Å². The normalized spacial score (nSPS) is 18.4. The second kappa shape index (κ2) is 12.7. The first-order valence-corrected chi connectivity index (χ1v) is 15.1. The Balaban J connectivity index is 1.22. The van der Waals surface area contributed by atoms with E-state index in [1.165, 1.54) is 18.4 Å². The van der Waals surface area contributed by atoms with Gasteiger partial charge in [0, 0.05) is 44.9 Å². The fourth-order valence-electron chi connectivity index (χ4n) is 5.14. The second-order valence-corrected chi connectivity index (χ2v) is 12.2. The number of hydrogen-bond donors (Lipinski definition) is 2. The molecule has 2 fully saturated rings. The summed E-state index contributed by atoms with van der Waals surface area (Å²) >= 11 is 0. The molecule has 1 unspecified atom stereocenters. The van der Waals surface area contributed by atoms with Crippen LogP contribution in [0, 0.1) is 5.92 Å². The fourth-order valence-corrected chi connectivity index (χ4v) is 5.77. The summed E-state index contributed by atoms with van der Waals surface area (Å²) in [7, 11) is -3.25. The maximum atomic E-state index is 12.8. The van der Waals surface area contributed by atoms with Crippen LogP contribution in [0.15, 0.2) is 59.5 Å². The minimum Gasteiger partial charge on any atom is -0.349 e. The standard InChI is InChI=1S/C28H38N4O4S/c1-37(35,36)25-13-11-22(12-14-25)21-27(33)30-32-19-17-31(18-20-32)16-15-26(23-7-3-2-4-8-23)29-28(34)24-9-5-6-10-24/h2-4,7-8,11-14,24,26H,5-6,9-10,15-21H2,1H3,(H,29,34)(H,30,33). The molecule has 1 saturated carbocycles. The number of benzene rings is 2. The Morgan fingerprint density at radius 3 is 2.22 bits per heavy atom. The Labute approximate surface area is 220 Å². The number of rotatable bonds is 10. The molecule has 4 rings (SSSR count). The molecule has 0 radical (unpaired) electrons. The molecule has 0 aromatic heterocycles. The summed E-state index contributed by atoms with van der Waals surface area (Å²) in [6.07, 6.45) is 6.49. The summed E-state index contributed by atoms with van der Waals surface area (Å²) < 4.78 is 23.2. The fraction of sp³-hybridized carbons (Fsp3) is 0.500. The van der Waals surface area contributed by atoms with Crippen molar-refractivity contribution in [2.45, 2.75) is 49.5 Å². The zero-order valence-corrected chi connectivity index (χ0v) is 22.4. The molecule has 2 aromatic carbocycles. The molecule has 1 heterocycles. The summed E-state index contributed by atoms with van der Waals surface area (Å²) in [5.74, 6) is 0.222. The van der Waals surface area contributed by atoms with Crippen molar-refractivity contribution in [2.75, 3.05) is 39.0 Å². The van der Waals surface area contributed by atoms with Crippen molar-refractivity contribution in [1.29, 1.82) is 0 Å². The van der Waals surface area contributed by atoms with Gasteiger partial charge in [-0.2, -0.15) is 0 Å². The monoisotopic (exact) mass is 526 g/mol. The van der Waals surface area contributed by atoms with Gasteiger partial charge >= 0.3 is 0 Å². The minimum atomic E-state index is -3.25. The summed E-state index contributed by atoms with van der Waals surface area (Å²) in [5.41, 5.74) is 4.89. The number of sulfone groups is 1. The van der Waals surface area contributed by atoms with Crippen LogP contribution in [-0.4, -0.2) is 69.1 Å². The van der Waals surface area contributed by atoms with Gasteiger partial charge in [0.05, 0.1) is 17.4 Å². The molecule has 37 heavy (non-hydrogen) atoms. The lowest BCUT2D eigenvalue weighted by Crippen LogP contribution is -2.54. The molecule has 2 aliphatic rings. The van der Waals surface area contributed by atoms with Gasteiger partial charge in [-0.05, 0) is 42.5 Å². The topological polar surface area (TPSA) is 98.8 Å². The number of nitrogens with one attached hydrogen (secondary N) is 2. The number of amides is 2. The third kappa shape index (κ3) is 8.12. The second-order valence-electron chi connectivity index (χ2n) is 10.2. The van der Waals surface area contributed by atoms with Gasteiger partial charge in [-0.25, -0.2) is 13.4 Å². The quantitative estimate of drug-likeness (QED) is 0.494. The predicted molar refractivity (Wildman–Crippen MR) is 143 cm³/mol. The molecule has 1 atom stereocenters.